The van der Waals surface area contributed by atoms with E-state index in [-0.39, 0.29) is 47.1 Å². The lowest BCUT2D eigenvalue weighted by Crippen LogP contribution is -2.32. The van der Waals surface area contributed by atoms with Crippen molar-refractivity contribution in [2.24, 2.45) is 23.7 Å². The molecule has 1 aliphatic heterocycles. The van der Waals surface area contributed by atoms with Gasteiger partial charge in [0.25, 0.3) is 5.91 Å². The van der Waals surface area contributed by atoms with Gasteiger partial charge in [0.1, 0.15) is 5.75 Å². The van der Waals surface area contributed by atoms with Crippen LogP contribution in [-0.4, -0.2) is 22.8 Å². The summed E-state index contributed by atoms with van der Waals surface area (Å²) in [6.07, 6.45) is 5.03. The summed E-state index contributed by atoms with van der Waals surface area (Å²) >= 11 is 0. The average Bonchev–Trinajstić information content (AvgIpc) is 3.36. The Balaban J connectivity index is 1.35. The van der Waals surface area contributed by atoms with Crippen molar-refractivity contribution in [3.63, 3.8) is 0 Å². The first-order chi connectivity index (χ1) is 13.5. The number of nitrogens with one attached hydrogen (secondary N) is 1. The van der Waals surface area contributed by atoms with Gasteiger partial charge in [0.05, 0.1) is 17.5 Å². The minimum atomic E-state index is -0.338. The number of allylic oxidation sites excluding steroid dienone is 2. The molecule has 1 saturated heterocycles. The Morgan fingerprint density at radius 2 is 1.61 bits per heavy atom. The van der Waals surface area contributed by atoms with Crippen LogP contribution in [0.5, 0.6) is 5.75 Å². The number of phenolic OH excluding ortho intramolecular Hbond substituents is 1. The molecule has 1 saturated carbocycles. The molecule has 2 aromatic rings. The van der Waals surface area contributed by atoms with Crippen molar-refractivity contribution in [3.8, 4) is 5.75 Å². The van der Waals surface area contributed by atoms with E-state index in [4.69, 9.17) is 0 Å². The second-order valence-corrected chi connectivity index (χ2v) is 7.56. The number of benzene rings is 2. The Kier molecular flexibility index (Phi) is 3.62. The fraction of sp³-hybridized carbons (Fsp3) is 0.227. The fourth-order valence-corrected chi connectivity index (χ4v) is 4.71. The molecule has 6 nitrogen and oxygen atoms in total. The van der Waals surface area contributed by atoms with Gasteiger partial charge in [-0.15, -0.1) is 0 Å². The molecule has 0 aromatic heterocycles. The SMILES string of the molecule is O=C(Nc1cccc(O)c1)c1ccc(N2C(=O)[C@@H]3[C@H](C2=O)[C@H]2C=C[C@H]3C2)cc1. The van der Waals surface area contributed by atoms with Crippen molar-refractivity contribution in [1.82, 2.24) is 0 Å². The summed E-state index contributed by atoms with van der Waals surface area (Å²) in [4.78, 5) is 39.4. The number of fused-ring (bicyclic) bond motifs is 5. The third kappa shape index (κ3) is 2.45. The molecule has 28 heavy (non-hydrogen) atoms. The Hall–Kier alpha value is -3.41. The van der Waals surface area contributed by atoms with Gasteiger partial charge < -0.3 is 10.4 Å². The smallest absolute Gasteiger partial charge is 0.255 e. The van der Waals surface area contributed by atoms with Crippen molar-refractivity contribution >= 4 is 29.1 Å². The molecule has 3 aliphatic rings. The summed E-state index contributed by atoms with van der Waals surface area (Å²) in [5.74, 6) is -0.684. The van der Waals surface area contributed by atoms with E-state index < -0.39 is 0 Å². The maximum absolute atomic E-state index is 12.8. The largest absolute Gasteiger partial charge is 0.508 e. The highest BCUT2D eigenvalue weighted by Gasteiger charge is 2.59. The summed E-state index contributed by atoms with van der Waals surface area (Å²) < 4.78 is 0. The van der Waals surface area contributed by atoms with E-state index in [0.717, 1.165) is 6.42 Å². The van der Waals surface area contributed by atoms with Crippen LogP contribution in [0, 0.1) is 23.7 Å². The maximum Gasteiger partial charge on any atom is 0.255 e. The summed E-state index contributed by atoms with van der Waals surface area (Å²) in [5.41, 5.74) is 1.38. The van der Waals surface area contributed by atoms with Crippen molar-refractivity contribution in [3.05, 3.63) is 66.2 Å². The summed E-state index contributed by atoms with van der Waals surface area (Å²) in [6, 6.07) is 12.7. The molecule has 6 heteroatoms. The molecular formula is C22H18N2O4. The number of hydrogen-bond acceptors (Lipinski definition) is 4. The lowest BCUT2D eigenvalue weighted by atomic mass is 9.85. The van der Waals surface area contributed by atoms with E-state index in [9.17, 15) is 19.5 Å². The van der Waals surface area contributed by atoms with Gasteiger partial charge in [0, 0.05) is 17.3 Å². The average molecular weight is 374 g/mol. The van der Waals surface area contributed by atoms with E-state index >= 15 is 0 Å². The molecule has 2 aliphatic carbocycles. The van der Waals surface area contributed by atoms with Gasteiger partial charge >= 0.3 is 0 Å². The predicted molar refractivity (Wildman–Crippen MR) is 103 cm³/mol. The van der Waals surface area contributed by atoms with E-state index in [1.165, 1.54) is 17.0 Å². The number of aromatic hydroxyl groups is 1. The van der Waals surface area contributed by atoms with E-state index in [1.54, 1.807) is 36.4 Å². The zero-order valence-electron chi connectivity index (χ0n) is 14.9. The molecule has 2 N–H and O–H groups in total. The predicted octanol–water partition coefficient (Wildman–Crippen LogP) is 2.96. The molecule has 4 atom stereocenters. The van der Waals surface area contributed by atoms with E-state index in [0.29, 0.717) is 16.9 Å². The van der Waals surface area contributed by atoms with Crippen LogP contribution in [0.4, 0.5) is 11.4 Å². The minimum Gasteiger partial charge on any atom is -0.508 e. The third-order valence-electron chi connectivity index (χ3n) is 5.96. The summed E-state index contributed by atoms with van der Waals surface area (Å²) in [6.45, 7) is 0. The van der Waals surface area contributed by atoms with Gasteiger partial charge in [0.15, 0.2) is 0 Å². The highest BCUT2D eigenvalue weighted by Crippen LogP contribution is 2.53. The molecule has 0 spiro atoms. The summed E-state index contributed by atoms with van der Waals surface area (Å²) in [7, 11) is 0. The molecule has 5 rings (SSSR count). The van der Waals surface area contributed by atoms with E-state index in [2.05, 4.69) is 17.5 Å². The van der Waals surface area contributed by atoms with Gasteiger partial charge in [-0.05, 0) is 54.7 Å². The standard InChI is InChI=1S/C22H18N2O4/c25-17-3-1-2-15(11-17)23-20(26)12-6-8-16(9-7-12)24-21(27)18-13-4-5-14(10-13)19(18)22(24)28/h1-9,11,13-14,18-19,25H,10H2,(H,23,26)/t13-,14-,18-,19+/m0/s1. The van der Waals surface area contributed by atoms with Gasteiger partial charge in [-0.3, -0.25) is 19.3 Å². The first-order valence-corrected chi connectivity index (χ1v) is 9.29. The molecule has 3 amide bonds. The van der Waals surface area contributed by atoms with Gasteiger partial charge in [-0.1, -0.05) is 18.2 Å². The van der Waals surface area contributed by atoms with Crippen molar-refractivity contribution in [1.29, 1.82) is 0 Å². The lowest BCUT2D eigenvalue weighted by molar-refractivity contribution is -0.123. The number of amides is 3. The molecule has 2 aromatic carbocycles. The van der Waals surface area contributed by atoms with Crippen LogP contribution >= 0.6 is 0 Å². The highest BCUT2D eigenvalue weighted by molar-refractivity contribution is 6.23. The van der Waals surface area contributed by atoms with Crippen molar-refractivity contribution in [2.45, 2.75) is 6.42 Å². The zero-order valence-corrected chi connectivity index (χ0v) is 14.9. The van der Waals surface area contributed by atoms with Crippen molar-refractivity contribution in [2.75, 3.05) is 10.2 Å². The molecule has 0 unspecified atom stereocenters. The van der Waals surface area contributed by atoms with Crippen molar-refractivity contribution < 1.29 is 19.5 Å². The summed E-state index contributed by atoms with van der Waals surface area (Å²) in [5, 5.41) is 12.2. The topological polar surface area (TPSA) is 86.7 Å². The quantitative estimate of drug-likeness (QED) is 0.639. The Morgan fingerprint density at radius 1 is 0.964 bits per heavy atom. The number of rotatable bonds is 3. The van der Waals surface area contributed by atoms with Crippen LogP contribution < -0.4 is 10.2 Å². The number of nitrogens with zero attached hydrogens (tertiary/aromatic N) is 1. The van der Waals surface area contributed by atoms with Crippen LogP contribution in [0.15, 0.2) is 60.7 Å². The Labute approximate surface area is 161 Å². The normalized spacial score (nSPS) is 27.4. The Bertz CT molecular complexity index is 997. The monoisotopic (exact) mass is 374 g/mol. The van der Waals surface area contributed by atoms with Crippen LogP contribution in [0.1, 0.15) is 16.8 Å². The molecular weight excluding hydrogens is 356 g/mol. The first-order valence-electron chi connectivity index (χ1n) is 9.29. The van der Waals surface area contributed by atoms with E-state index in [1.807, 2.05) is 0 Å². The number of carbonyl (C=O) groups is 3. The second kappa shape index (κ2) is 6.05. The number of hydrogen-bond donors (Lipinski definition) is 2. The third-order valence-corrected chi connectivity index (χ3v) is 5.96. The van der Waals surface area contributed by atoms with Gasteiger partial charge in [0.2, 0.25) is 11.8 Å². The van der Waals surface area contributed by atoms with Crippen LogP contribution in [-0.2, 0) is 9.59 Å². The Morgan fingerprint density at radius 3 is 2.21 bits per heavy atom. The molecule has 1 heterocycles. The van der Waals surface area contributed by atoms with Gasteiger partial charge in [-0.2, -0.15) is 0 Å². The lowest BCUT2D eigenvalue weighted by Gasteiger charge is -2.17. The number of carbonyl (C=O) groups excluding carboxylic acids is 3. The van der Waals surface area contributed by atoms with Crippen LogP contribution in [0.25, 0.3) is 0 Å². The highest BCUT2D eigenvalue weighted by atomic mass is 16.3. The molecule has 2 fully saturated rings. The first kappa shape index (κ1) is 16.7. The minimum absolute atomic E-state index is 0.0632. The second-order valence-electron chi connectivity index (χ2n) is 7.56. The zero-order chi connectivity index (χ0) is 19.4. The number of imide groups is 1. The molecule has 140 valence electrons. The molecule has 0 radical (unpaired) electrons. The molecule has 2 bridgehead atoms. The number of anilines is 2. The maximum atomic E-state index is 12.8. The van der Waals surface area contributed by atoms with Crippen LogP contribution in [0.2, 0.25) is 0 Å². The van der Waals surface area contributed by atoms with Crippen LogP contribution in [0.3, 0.4) is 0 Å². The van der Waals surface area contributed by atoms with Gasteiger partial charge in [-0.25, -0.2) is 0 Å². The fourth-order valence-electron chi connectivity index (χ4n) is 4.71. The number of phenols is 1.